The summed E-state index contributed by atoms with van der Waals surface area (Å²) in [6, 6.07) is 0. The molecule has 0 aliphatic carbocycles. The van der Waals surface area contributed by atoms with Gasteiger partial charge in [0.2, 0.25) is 0 Å². The molecule has 7 heteroatoms. The molecule has 0 radical (unpaired) electrons. The molecule has 164 valence electrons. The Morgan fingerprint density at radius 1 is 0.593 bits per heavy atom. The third-order valence-electron chi connectivity index (χ3n) is 3.72. The average Bonchev–Trinajstić information content (AvgIpc) is 2.60. The number of carboxylic acids is 2. The molecule has 0 amide bonds. The van der Waals surface area contributed by atoms with Crippen LogP contribution in [0.3, 0.4) is 0 Å². The number of carbonyl (C=O) groups is 2. The summed E-state index contributed by atoms with van der Waals surface area (Å²) in [6.07, 6.45) is 15.2. The smallest absolute Gasteiger partial charge is 0.549 e. The van der Waals surface area contributed by atoms with Crippen molar-refractivity contribution in [1.29, 1.82) is 0 Å². The maximum absolute atomic E-state index is 10.0. The van der Waals surface area contributed by atoms with Gasteiger partial charge in [-0.25, -0.2) is 0 Å². The fourth-order valence-corrected chi connectivity index (χ4v) is 3.72. The fourth-order valence-electron chi connectivity index (χ4n) is 2.28. The van der Waals surface area contributed by atoms with E-state index >= 15 is 0 Å². The minimum absolute atomic E-state index is 0. The fraction of sp³-hybridized carbons (Fsp3) is 0.900. The quantitative estimate of drug-likeness (QED) is 0.227. The Morgan fingerprint density at radius 3 is 1.19 bits per heavy atom. The van der Waals surface area contributed by atoms with E-state index in [1.165, 1.54) is 87.7 Å². The summed E-state index contributed by atoms with van der Waals surface area (Å²) < 4.78 is 0. The summed E-state index contributed by atoms with van der Waals surface area (Å²) in [7, 11) is 0. The molecule has 0 bridgehead atoms. The van der Waals surface area contributed by atoms with E-state index in [0.29, 0.717) is 0 Å². The molecule has 0 saturated carbocycles. The van der Waals surface area contributed by atoms with Crippen LogP contribution in [-0.4, -0.2) is 35.0 Å². The Kier molecular flexibility index (Phi) is 33.4. The van der Waals surface area contributed by atoms with Gasteiger partial charge >= 0.3 is 16.5 Å². The first-order valence-corrected chi connectivity index (χ1v) is 12.4. The number of rotatable bonds is 18. The van der Waals surface area contributed by atoms with E-state index in [-0.39, 0.29) is 28.0 Å². The largest absolute Gasteiger partial charge is 2.00 e. The second kappa shape index (κ2) is 28.3. The number of carbonyl (C=O) groups excluding carboxylic acids is 2. The number of aliphatic carboxylic acids is 2. The molecular weight excluding hydrogens is 427 g/mol. The van der Waals surface area contributed by atoms with E-state index in [4.69, 9.17) is 0 Å². The van der Waals surface area contributed by atoms with Crippen LogP contribution in [0.5, 0.6) is 0 Å². The van der Waals surface area contributed by atoms with Crippen LogP contribution in [0.25, 0.3) is 0 Å². The van der Waals surface area contributed by atoms with Crippen molar-refractivity contribution in [1.82, 2.24) is 0 Å². The maximum Gasteiger partial charge on any atom is 2.00 e. The molecule has 0 aromatic carbocycles. The molecule has 4 nitrogen and oxygen atoms in total. The van der Waals surface area contributed by atoms with Gasteiger partial charge in [0.05, 0.1) is 11.9 Å². The van der Waals surface area contributed by atoms with Crippen molar-refractivity contribution < 1.29 is 36.3 Å². The predicted molar refractivity (Wildman–Crippen MR) is 111 cm³/mol. The molecule has 0 aliphatic rings. The van der Waals surface area contributed by atoms with E-state index in [0.717, 1.165) is 24.3 Å². The van der Waals surface area contributed by atoms with Crippen LogP contribution in [0, 0.1) is 0 Å². The molecule has 0 unspecified atom stereocenters. The van der Waals surface area contributed by atoms with Crippen LogP contribution in [0.4, 0.5) is 0 Å². The molecule has 0 heterocycles. The van der Waals surface area contributed by atoms with Crippen molar-refractivity contribution in [2.45, 2.75) is 90.9 Å². The Morgan fingerprint density at radius 2 is 0.889 bits per heavy atom. The zero-order chi connectivity index (χ0) is 19.9. The second-order valence-corrected chi connectivity index (χ2v) is 8.60. The molecule has 0 saturated heterocycles. The number of thioether (sulfide) groups is 2. The van der Waals surface area contributed by atoms with E-state index in [1.807, 2.05) is 0 Å². The Labute approximate surface area is 185 Å². The van der Waals surface area contributed by atoms with E-state index in [2.05, 4.69) is 13.8 Å². The first kappa shape index (κ1) is 31.8. The van der Waals surface area contributed by atoms with E-state index < -0.39 is 11.9 Å². The van der Waals surface area contributed by atoms with Gasteiger partial charge in [0.15, 0.2) is 0 Å². The Hall–Kier alpha value is 0.134. The van der Waals surface area contributed by atoms with Crippen molar-refractivity contribution >= 4 is 35.5 Å². The van der Waals surface area contributed by atoms with Gasteiger partial charge in [-0.05, 0) is 24.3 Å². The van der Waals surface area contributed by atoms with Crippen LogP contribution < -0.4 is 10.2 Å². The maximum atomic E-state index is 10.0. The second-order valence-electron chi connectivity index (χ2n) is 6.38. The van der Waals surface area contributed by atoms with Gasteiger partial charge in [0, 0.05) is 11.5 Å². The normalized spacial score (nSPS) is 9.85. The van der Waals surface area contributed by atoms with Gasteiger partial charge in [-0.2, -0.15) is 23.5 Å². The molecule has 0 fully saturated rings. The number of carboxylic acid groups (broad SMARTS) is 2. The molecule has 0 aromatic heterocycles. The standard InChI is InChI=1S/2C10H20O2S.Ni/c2*1-2-3-4-5-6-7-8-13-9-10(11)12;/h2*2-9H2,1H3,(H,11,12);/q;;+2/p-2. The van der Waals surface area contributed by atoms with Gasteiger partial charge in [-0.3, -0.25) is 0 Å². The molecule has 0 spiro atoms. The Bertz CT molecular complexity index is 288. The minimum Gasteiger partial charge on any atom is -0.549 e. The number of hydrogen-bond donors (Lipinski definition) is 0. The molecule has 0 N–H and O–H groups in total. The summed E-state index contributed by atoms with van der Waals surface area (Å²) >= 11 is 2.93. The van der Waals surface area contributed by atoms with Crippen LogP contribution in [-0.2, 0) is 26.1 Å². The molecule has 0 aromatic rings. The van der Waals surface area contributed by atoms with Gasteiger partial charge < -0.3 is 19.8 Å². The summed E-state index contributed by atoms with van der Waals surface area (Å²) in [4.78, 5) is 20.1. The summed E-state index contributed by atoms with van der Waals surface area (Å²) in [6.45, 7) is 4.41. The predicted octanol–water partition coefficient (Wildman–Crippen LogP) is 3.66. The Balaban J connectivity index is -0.000000411. The zero-order valence-electron chi connectivity index (χ0n) is 17.1. The van der Waals surface area contributed by atoms with Crippen molar-refractivity contribution in [3.05, 3.63) is 0 Å². The topological polar surface area (TPSA) is 80.3 Å². The third kappa shape index (κ3) is 37.5. The molecule has 27 heavy (non-hydrogen) atoms. The number of unbranched alkanes of at least 4 members (excludes halogenated alkanes) is 10. The first-order chi connectivity index (χ1) is 12.5. The molecule has 0 rings (SSSR count). The molecular formula is C20H38NiO4S2. The van der Waals surface area contributed by atoms with Crippen molar-refractivity contribution in [2.75, 3.05) is 23.0 Å². The van der Waals surface area contributed by atoms with E-state index in [1.54, 1.807) is 0 Å². The SMILES string of the molecule is CCCCCCCCSCC(=O)[O-].CCCCCCCCSCC(=O)[O-].[Ni+2]. The van der Waals surface area contributed by atoms with Gasteiger partial charge in [0.25, 0.3) is 0 Å². The van der Waals surface area contributed by atoms with Crippen LogP contribution >= 0.6 is 23.5 Å². The zero-order valence-corrected chi connectivity index (χ0v) is 19.7. The van der Waals surface area contributed by atoms with Crippen molar-refractivity contribution in [2.24, 2.45) is 0 Å². The van der Waals surface area contributed by atoms with Crippen molar-refractivity contribution in [3.8, 4) is 0 Å². The summed E-state index contributed by atoms with van der Waals surface area (Å²) in [5.41, 5.74) is 0. The van der Waals surface area contributed by atoms with Crippen LogP contribution in [0.2, 0.25) is 0 Å². The monoisotopic (exact) mass is 464 g/mol. The van der Waals surface area contributed by atoms with Crippen LogP contribution in [0.1, 0.15) is 90.9 Å². The van der Waals surface area contributed by atoms with Crippen LogP contribution in [0.15, 0.2) is 0 Å². The third-order valence-corrected chi connectivity index (χ3v) is 5.76. The van der Waals surface area contributed by atoms with Gasteiger partial charge in [-0.15, -0.1) is 0 Å². The van der Waals surface area contributed by atoms with Gasteiger partial charge in [0.1, 0.15) is 0 Å². The molecule has 0 aliphatic heterocycles. The van der Waals surface area contributed by atoms with Crippen molar-refractivity contribution in [3.63, 3.8) is 0 Å². The van der Waals surface area contributed by atoms with E-state index in [9.17, 15) is 19.8 Å². The molecule has 0 atom stereocenters. The van der Waals surface area contributed by atoms with Gasteiger partial charge in [-0.1, -0.05) is 78.1 Å². The number of hydrogen-bond acceptors (Lipinski definition) is 6. The first-order valence-electron chi connectivity index (χ1n) is 10.1. The summed E-state index contributed by atoms with van der Waals surface area (Å²) in [5, 5.41) is 20.1. The summed E-state index contributed by atoms with van der Waals surface area (Å²) in [5.74, 6) is 0.316. The average molecular weight is 465 g/mol. The minimum atomic E-state index is -0.948.